The average Bonchev–Trinajstić information content (AvgIpc) is 3.08. The molecule has 1 amide bonds. The van der Waals surface area contributed by atoms with Crippen molar-refractivity contribution in [2.24, 2.45) is 0 Å². The molecule has 0 atom stereocenters. The second-order valence-corrected chi connectivity index (χ2v) is 6.59. The molecule has 0 unspecified atom stereocenters. The molecule has 0 radical (unpaired) electrons. The molecule has 3 heterocycles. The molecule has 0 spiro atoms. The Morgan fingerprint density at radius 1 is 1.07 bits per heavy atom. The molecular formula is C20H15F3N4O3. The number of nitrogens with zero attached hydrogens (tertiary/aromatic N) is 3. The smallest absolute Gasteiger partial charge is 0.420 e. The van der Waals surface area contributed by atoms with Crippen LogP contribution in [0.5, 0.6) is 5.75 Å². The molecule has 0 bridgehead atoms. The monoisotopic (exact) mass is 416 g/mol. The summed E-state index contributed by atoms with van der Waals surface area (Å²) >= 11 is 0. The van der Waals surface area contributed by atoms with Gasteiger partial charge in [-0.2, -0.15) is 18.3 Å². The number of carbonyl (C=O) groups excluding carboxylic acids is 2. The lowest BCUT2D eigenvalue weighted by molar-refractivity contribution is -0.189. The topological polar surface area (TPSA) is 86.1 Å². The van der Waals surface area contributed by atoms with Crippen molar-refractivity contribution in [2.75, 3.05) is 6.54 Å². The first kappa shape index (κ1) is 19.6. The number of fused-ring (bicyclic) bond motifs is 1. The van der Waals surface area contributed by atoms with Gasteiger partial charge < -0.3 is 10.1 Å². The van der Waals surface area contributed by atoms with Crippen LogP contribution in [-0.4, -0.2) is 39.4 Å². The molecule has 30 heavy (non-hydrogen) atoms. The van der Waals surface area contributed by atoms with E-state index in [1.807, 2.05) is 0 Å². The molecule has 0 saturated heterocycles. The molecular weight excluding hydrogens is 401 g/mol. The Morgan fingerprint density at radius 2 is 1.83 bits per heavy atom. The van der Waals surface area contributed by atoms with Crippen molar-refractivity contribution in [3.8, 4) is 28.3 Å². The number of alkyl halides is 3. The normalized spacial score (nSPS) is 13.9. The van der Waals surface area contributed by atoms with E-state index < -0.39 is 12.1 Å². The van der Waals surface area contributed by atoms with Crippen molar-refractivity contribution in [2.45, 2.75) is 19.1 Å². The summed E-state index contributed by atoms with van der Waals surface area (Å²) in [5, 5.41) is 7.31. The van der Waals surface area contributed by atoms with Gasteiger partial charge >= 0.3 is 12.1 Å². The first-order chi connectivity index (χ1) is 14.3. The largest absolute Gasteiger partial charge is 0.491 e. The van der Waals surface area contributed by atoms with Crippen LogP contribution in [0.2, 0.25) is 0 Å². The van der Waals surface area contributed by atoms with E-state index in [-0.39, 0.29) is 11.7 Å². The number of hydrogen-bond acceptors (Lipinski definition) is 5. The molecule has 0 aliphatic carbocycles. The third-order valence-corrected chi connectivity index (χ3v) is 4.49. The second-order valence-electron chi connectivity index (χ2n) is 6.59. The van der Waals surface area contributed by atoms with Gasteiger partial charge in [-0.25, -0.2) is 4.79 Å². The number of hydrogen-bond donors (Lipinski definition) is 1. The van der Waals surface area contributed by atoms with Crippen molar-refractivity contribution >= 4 is 11.9 Å². The Kier molecular flexibility index (Phi) is 4.98. The Morgan fingerprint density at radius 3 is 2.57 bits per heavy atom. The number of rotatable bonds is 3. The van der Waals surface area contributed by atoms with E-state index in [0.717, 1.165) is 12.0 Å². The van der Waals surface area contributed by atoms with Gasteiger partial charge in [-0.1, -0.05) is 0 Å². The fraction of sp³-hybridized carbons (Fsp3) is 0.200. The third-order valence-electron chi connectivity index (χ3n) is 4.49. The molecule has 1 aliphatic heterocycles. The van der Waals surface area contributed by atoms with Crippen molar-refractivity contribution in [3.05, 3.63) is 54.4 Å². The van der Waals surface area contributed by atoms with Crippen LogP contribution < -0.4 is 10.1 Å². The molecule has 2 aromatic heterocycles. The molecule has 1 aliphatic rings. The van der Waals surface area contributed by atoms with E-state index in [2.05, 4.69) is 20.1 Å². The number of nitrogens with one attached hydrogen (secondary N) is 1. The Balaban J connectivity index is 1.58. The lowest BCUT2D eigenvalue weighted by atomic mass is 10.1. The van der Waals surface area contributed by atoms with Crippen molar-refractivity contribution in [1.82, 2.24) is 20.1 Å². The zero-order chi connectivity index (χ0) is 21.3. The number of aryl methyl sites for hydroxylation is 1. The standard InChI is InChI=1S/C20H15F3N4O3/c21-20(22,23)19(29)30-14-4-2-12(3-5-14)15-10-13(6-8-24-15)16-11-17-18(28)25-7-1-9-27(17)26-16/h2-6,8,10-11H,1,7,9H2,(H,25,28). The van der Waals surface area contributed by atoms with E-state index in [9.17, 15) is 22.8 Å². The average molecular weight is 416 g/mol. The summed E-state index contributed by atoms with van der Waals surface area (Å²) in [6.45, 7) is 1.23. The van der Waals surface area contributed by atoms with Gasteiger partial charge in [0.1, 0.15) is 11.4 Å². The minimum absolute atomic E-state index is 0.176. The number of halogens is 3. The number of pyridine rings is 1. The highest BCUT2D eigenvalue weighted by Gasteiger charge is 2.41. The van der Waals surface area contributed by atoms with E-state index in [1.165, 1.54) is 24.3 Å². The van der Waals surface area contributed by atoms with Gasteiger partial charge in [-0.05, 0) is 48.9 Å². The summed E-state index contributed by atoms with van der Waals surface area (Å²) in [6, 6.07) is 10.7. The molecule has 0 saturated carbocycles. The minimum Gasteiger partial charge on any atom is -0.420 e. The molecule has 4 rings (SSSR count). The number of aromatic nitrogens is 3. The predicted octanol–water partition coefficient (Wildman–Crippen LogP) is 3.21. The van der Waals surface area contributed by atoms with Gasteiger partial charge in [0.05, 0.1) is 11.4 Å². The maximum atomic E-state index is 12.3. The lowest BCUT2D eigenvalue weighted by Gasteiger charge is -2.08. The van der Waals surface area contributed by atoms with E-state index in [1.54, 1.807) is 29.1 Å². The fourth-order valence-electron chi connectivity index (χ4n) is 3.04. The van der Waals surface area contributed by atoms with Gasteiger partial charge in [-0.15, -0.1) is 0 Å². The van der Waals surface area contributed by atoms with Gasteiger partial charge in [0.25, 0.3) is 5.91 Å². The third kappa shape index (κ3) is 4.02. The Bertz CT molecular complexity index is 1110. The molecule has 154 valence electrons. The first-order valence-electron chi connectivity index (χ1n) is 9.03. The van der Waals surface area contributed by atoms with Crippen LogP contribution in [0.3, 0.4) is 0 Å². The maximum absolute atomic E-state index is 12.3. The van der Waals surface area contributed by atoms with Gasteiger partial charge in [0.2, 0.25) is 0 Å². The lowest BCUT2D eigenvalue weighted by Crippen LogP contribution is -2.27. The van der Waals surface area contributed by atoms with Crippen LogP contribution in [0, 0.1) is 0 Å². The predicted molar refractivity (Wildman–Crippen MR) is 99.5 cm³/mol. The van der Waals surface area contributed by atoms with E-state index >= 15 is 0 Å². The number of benzene rings is 1. The summed E-state index contributed by atoms with van der Waals surface area (Å²) in [5.74, 6) is -2.68. The zero-order valence-electron chi connectivity index (χ0n) is 15.4. The van der Waals surface area contributed by atoms with Crippen LogP contribution in [0.1, 0.15) is 16.9 Å². The number of esters is 1. The van der Waals surface area contributed by atoms with Crippen molar-refractivity contribution in [3.63, 3.8) is 0 Å². The van der Waals surface area contributed by atoms with Crippen LogP contribution in [0.4, 0.5) is 13.2 Å². The number of amides is 1. The van der Waals surface area contributed by atoms with Crippen molar-refractivity contribution in [1.29, 1.82) is 0 Å². The highest BCUT2D eigenvalue weighted by atomic mass is 19.4. The Labute approximate surface area is 168 Å². The van der Waals surface area contributed by atoms with Crippen molar-refractivity contribution < 1.29 is 27.5 Å². The van der Waals surface area contributed by atoms with Gasteiger partial charge in [0, 0.05) is 30.4 Å². The molecule has 1 aromatic carbocycles. The highest BCUT2D eigenvalue weighted by molar-refractivity contribution is 5.94. The second kappa shape index (κ2) is 7.62. The fourth-order valence-corrected chi connectivity index (χ4v) is 3.04. The van der Waals surface area contributed by atoms with Crippen LogP contribution >= 0.6 is 0 Å². The summed E-state index contributed by atoms with van der Waals surface area (Å²) in [7, 11) is 0. The van der Waals surface area contributed by atoms with E-state index in [0.29, 0.717) is 35.7 Å². The number of ether oxygens (including phenoxy) is 1. The molecule has 10 heteroatoms. The molecule has 1 N–H and O–H groups in total. The molecule has 0 fully saturated rings. The summed E-state index contributed by atoms with van der Waals surface area (Å²) in [5.41, 5.74) is 3.00. The number of carbonyl (C=O) groups is 2. The Hall–Kier alpha value is -3.69. The molecule has 3 aromatic rings. The van der Waals surface area contributed by atoms with Gasteiger partial charge in [-0.3, -0.25) is 14.5 Å². The van der Waals surface area contributed by atoms with E-state index in [4.69, 9.17) is 0 Å². The first-order valence-corrected chi connectivity index (χ1v) is 9.03. The van der Waals surface area contributed by atoms with Crippen LogP contribution in [0.25, 0.3) is 22.5 Å². The SMILES string of the molecule is O=C1NCCCn2nc(-c3ccnc(-c4ccc(OC(=O)C(F)(F)F)cc4)c3)cc21. The maximum Gasteiger partial charge on any atom is 0.491 e. The van der Waals surface area contributed by atoms with Gasteiger partial charge in [0.15, 0.2) is 0 Å². The zero-order valence-corrected chi connectivity index (χ0v) is 15.4. The summed E-state index contributed by atoms with van der Waals surface area (Å²) in [6.07, 6.45) is -2.70. The minimum atomic E-state index is -5.06. The van der Waals surface area contributed by atoms with Crippen LogP contribution in [-0.2, 0) is 11.3 Å². The quantitative estimate of drug-likeness (QED) is 0.524. The highest BCUT2D eigenvalue weighted by Crippen LogP contribution is 2.27. The summed E-state index contributed by atoms with van der Waals surface area (Å²) < 4.78 is 42.9. The van der Waals surface area contributed by atoms with Crippen LogP contribution in [0.15, 0.2) is 48.7 Å². The summed E-state index contributed by atoms with van der Waals surface area (Å²) in [4.78, 5) is 27.3. The molecule has 7 nitrogen and oxygen atoms in total.